The standard InChI is InChI=1S/C20H23F4NO2S/c1-3-5-16(6-4-2)25-28(26,27)17-10-7-14(8-11-17)18-12-9-15(21)13-19(18)20(22,23)24/h7-13,16,25H,3-6H2,1-2H3. The van der Waals surface area contributed by atoms with Crippen molar-refractivity contribution in [3.05, 3.63) is 53.8 Å². The molecule has 154 valence electrons. The van der Waals surface area contributed by atoms with Crippen LogP contribution in [0.15, 0.2) is 47.4 Å². The van der Waals surface area contributed by atoms with Crippen LogP contribution >= 0.6 is 0 Å². The van der Waals surface area contributed by atoms with Crippen molar-refractivity contribution in [1.29, 1.82) is 0 Å². The molecule has 0 aliphatic carbocycles. The molecule has 0 fully saturated rings. The van der Waals surface area contributed by atoms with Crippen LogP contribution in [0.1, 0.15) is 45.1 Å². The smallest absolute Gasteiger partial charge is 0.208 e. The Morgan fingerprint density at radius 2 is 1.54 bits per heavy atom. The topological polar surface area (TPSA) is 46.2 Å². The van der Waals surface area contributed by atoms with Crippen molar-refractivity contribution in [3.63, 3.8) is 0 Å². The summed E-state index contributed by atoms with van der Waals surface area (Å²) in [6.07, 6.45) is -1.66. The average Bonchev–Trinajstić information content (AvgIpc) is 2.61. The van der Waals surface area contributed by atoms with Crippen molar-refractivity contribution in [2.45, 2.75) is 56.6 Å². The Hall–Kier alpha value is -1.93. The zero-order valence-electron chi connectivity index (χ0n) is 15.7. The highest BCUT2D eigenvalue weighted by molar-refractivity contribution is 7.89. The van der Waals surface area contributed by atoms with Crippen molar-refractivity contribution < 1.29 is 26.0 Å². The Morgan fingerprint density at radius 1 is 0.964 bits per heavy atom. The van der Waals surface area contributed by atoms with Crippen molar-refractivity contribution in [2.24, 2.45) is 0 Å². The van der Waals surface area contributed by atoms with E-state index in [2.05, 4.69) is 4.72 Å². The number of rotatable bonds is 8. The van der Waals surface area contributed by atoms with Crippen LogP contribution in [-0.4, -0.2) is 14.5 Å². The van der Waals surface area contributed by atoms with Gasteiger partial charge in [-0.2, -0.15) is 13.2 Å². The zero-order valence-corrected chi connectivity index (χ0v) is 16.5. The lowest BCUT2D eigenvalue weighted by molar-refractivity contribution is -0.137. The van der Waals surface area contributed by atoms with Gasteiger partial charge in [-0.05, 0) is 48.2 Å². The highest BCUT2D eigenvalue weighted by atomic mass is 32.2. The van der Waals surface area contributed by atoms with Crippen LogP contribution in [0.25, 0.3) is 11.1 Å². The fourth-order valence-corrected chi connectivity index (χ4v) is 4.37. The largest absolute Gasteiger partial charge is 0.417 e. The number of benzene rings is 2. The van der Waals surface area contributed by atoms with E-state index < -0.39 is 27.6 Å². The van der Waals surface area contributed by atoms with Gasteiger partial charge in [-0.1, -0.05) is 44.9 Å². The molecule has 0 aliphatic rings. The summed E-state index contributed by atoms with van der Waals surface area (Å²) in [6.45, 7) is 3.93. The van der Waals surface area contributed by atoms with Crippen LogP contribution in [0, 0.1) is 5.82 Å². The van der Waals surface area contributed by atoms with Crippen LogP contribution in [0.4, 0.5) is 17.6 Å². The molecule has 0 unspecified atom stereocenters. The Labute approximate surface area is 162 Å². The second-order valence-corrected chi connectivity index (χ2v) is 8.32. The van der Waals surface area contributed by atoms with Crippen LogP contribution in [0.5, 0.6) is 0 Å². The fourth-order valence-electron chi connectivity index (χ4n) is 3.06. The minimum atomic E-state index is -4.72. The second kappa shape index (κ2) is 9.05. The lowest BCUT2D eigenvalue weighted by atomic mass is 9.99. The SMILES string of the molecule is CCCC(CCC)NS(=O)(=O)c1ccc(-c2ccc(F)cc2C(F)(F)F)cc1. The Morgan fingerprint density at radius 3 is 2.04 bits per heavy atom. The molecule has 2 rings (SSSR count). The average molecular weight is 417 g/mol. The van der Waals surface area contributed by atoms with E-state index in [4.69, 9.17) is 0 Å². The number of hydrogen-bond acceptors (Lipinski definition) is 2. The predicted octanol–water partition coefficient (Wildman–Crippen LogP) is 5.76. The van der Waals surface area contributed by atoms with E-state index in [1.165, 1.54) is 24.3 Å². The van der Waals surface area contributed by atoms with E-state index in [9.17, 15) is 26.0 Å². The lowest BCUT2D eigenvalue weighted by Gasteiger charge is -2.18. The zero-order chi connectivity index (χ0) is 20.9. The summed E-state index contributed by atoms with van der Waals surface area (Å²) in [7, 11) is -3.78. The van der Waals surface area contributed by atoms with Gasteiger partial charge in [0.15, 0.2) is 0 Å². The molecule has 8 heteroatoms. The Kier molecular flexibility index (Phi) is 7.22. The van der Waals surface area contributed by atoms with Gasteiger partial charge in [-0.15, -0.1) is 0 Å². The first-order valence-corrected chi connectivity index (χ1v) is 10.6. The van der Waals surface area contributed by atoms with Gasteiger partial charge in [-0.25, -0.2) is 17.5 Å². The first-order valence-electron chi connectivity index (χ1n) is 9.08. The fraction of sp³-hybridized carbons (Fsp3) is 0.400. The molecule has 0 spiro atoms. The van der Waals surface area contributed by atoms with Crippen LogP contribution in [0.3, 0.4) is 0 Å². The molecular formula is C20H23F4NO2S. The first kappa shape index (κ1) is 22.4. The van der Waals surface area contributed by atoms with Gasteiger partial charge in [0.1, 0.15) is 5.82 Å². The lowest BCUT2D eigenvalue weighted by Crippen LogP contribution is -2.34. The van der Waals surface area contributed by atoms with E-state index in [0.717, 1.165) is 25.0 Å². The second-order valence-electron chi connectivity index (χ2n) is 6.61. The third-order valence-corrected chi connectivity index (χ3v) is 5.90. The summed E-state index contributed by atoms with van der Waals surface area (Å²) >= 11 is 0. The minimum absolute atomic E-state index is 0.0240. The molecule has 2 aromatic rings. The molecule has 0 atom stereocenters. The third kappa shape index (κ3) is 5.54. The summed E-state index contributed by atoms with van der Waals surface area (Å²) < 4.78 is 80.7. The van der Waals surface area contributed by atoms with Crippen LogP contribution in [-0.2, 0) is 16.2 Å². The highest BCUT2D eigenvalue weighted by Gasteiger charge is 2.34. The third-order valence-electron chi connectivity index (χ3n) is 4.36. The number of sulfonamides is 1. The summed E-state index contributed by atoms with van der Waals surface area (Å²) in [5.74, 6) is -0.989. The molecule has 0 radical (unpaired) electrons. The van der Waals surface area contributed by atoms with Crippen molar-refractivity contribution in [1.82, 2.24) is 4.72 Å². The normalized spacial score (nSPS) is 12.5. The molecule has 0 saturated heterocycles. The maximum Gasteiger partial charge on any atom is 0.417 e. The molecule has 0 bridgehead atoms. The number of nitrogens with one attached hydrogen (secondary N) is 1. The quantitative estimate of drug-likeness (QED) is 0.555. The predicted molar refractivity (Wildman–Crippen MR) is 101 cm³/mol. The molecule has 2 aromatic carbocycles. The molecule has 0 saturated carbocycles. The highest BCUT2D eigenvalue weighted by Crippen LogP contribution is 2.37. The Balaban J connectivity index is 2.34. The number of halogens is 4. The number of alkyl halides is 3. The van der Waals surface area contributed by atoms with E-state index in [-0.39, 0.29) is 22.1 Å². The van der Waals surface area contributed by atoms with E-state index >= 15 is 0 Å². The molecule has 28 heavy (non-hydrogen) atoms. The maximum atomic E-state index is 13.3. The molecule has 1 N–H and O–H groups in total. The monoisotopic (exact) mass is 417 g/mol. The van der Waals surface area contributed by atoms with E-state index in [0.29, 0.717) is 18.9 Å². The first-order chi connectivity index (χ1) is 13.1. The molecule has 0 aliphatic heterocycles. The van der Waals surface area contributed by atoms with Gasteiger partial charge in [-0.3, -0.25) is 0 Å². The van der Waals surface area contributed by atoms with Crippen LogP contribution < -0.4 is 4.72 Å². The molecule has 0 amide bonds. The Bertz CT molecular complexity index is 887. The number of hydrogen-bond donors (Lipinski definition) is 1. The summed E-state index contributed by atoms with van der Waals surface area (Å²) in [6, 6.07) is 7.34. The summed E-state index contributed by atoms with van der Waals surface area (Å²) in [5.41, 5.74) is -1.15. The van der Waals surface area contributed by atoms with Gasteiger partial charge < -0.3 is 0 Å². The maximum absolute atomic E-state index is 13.3. The summed E-state index contributed by atoms with van der Waals surface area (Å²) in [5, 5.41) is 0. The van der Waals surface area contributed by atoms with Gasteiger partial charge >= 0.3 is 6.18 Å². The van der Waals surface area contributed by atoms with Gasteiger partial charge in [0.05, 0.1) is 10.5 Å². The van der Waals surface area contributed by atoms with Gasteiger partial charge in [0.25, 0.3) is 0 Å². The van der Waals surface area contributed by atoms with Crippen LogP contribution in [0.2, 0.25) is 0 Å². The van der Waals surface area contributed by atoms with Gasteiger partial charge in [0.2, 0.25) is 10.0 Å². The minimum Gasteiger partial charge on any atom is -0.208 e. The van der Waals surface area contributed by atoms with E-state index in [1.807, 2.05) is 13.8 Å². The molecule has 3 nitrogen and oxygen atoms in total. The van der Waals surface area contributed by atoms with Gasteiger partial charge in [0, 0.05) is 6.04 Å². The molecular weight excluding hydrogens is 394 g/mol. The molecule has 0 aromatic heterocycles. The molecule has 0 heterocycles. The summed E-state index contributed by atoms with van der Waals surface area (Å²) in [4.78, 5) is -0.0240. The van der Waals surface area contributed by atoms with E-state index in [1.54, 1.807) is 0 Å². The van der Waals surface area contributed by atoms with Crippen molar-refractivity contribution in [2.75, 3.05) is 0 Å². The van der Waals surface area contributed by atoms with Crippen molar-refractivity contribution >= 4 is 10.0 Å². The van der Waals surface area contributed by atoms with Crippen molar-refractivity contribution in [3.8, 4) is 11.1 Å².